The number of rotatable bonds is 3. The molecule has 1 fully saturated rings. The molecular formula is C14H26O. The molecular weight excluding hydrogens is 184 g/mol. The highest BCUT2D eigenvalue weighted by atomic mass is 16.5. The molecule has 88 valence electrons. The Morgan fingerprint density at radius 1 is 1.27 bits per heavy atom. The number of hydrogen-bond donors (Lipinski definition) is 0. The van der Waals surface area contributed by atoms with E-state index in [-0.39, 0.29) is 0 Å². The second-order valence-electron chi connectivity index (χ2n) is 5.70. The van der Waals surface area contributed by atoms with Crippen LogP contribution in [0.3, 0.4) is 0 Å². The van der Waals surface area contributed by atoms with E-state index in [1.807, 2.05) is 6.26 Å². The fourth-order valence-corrected chi connectivity index (χ4v) is 2.49. The first-order chi connectivity index (χ1) is 7.00. The molecule has 0 aromatic heterocycles. The van der Waals surface area contributed by atoms with E-state index in [2.05, 4.69) is 34.6 Å². The molecule has 15 heavy (non-hydrogen) atoms. The molecule has 3 atom stereocenters. The molecule has 0 heterocycles. The van der Waals surface area contributed by atoms with Gasteiger partial charge in [-0.3, -0.25) is 0 Å². The lowest BCUT2D eigenvalue weighted by Crippen LogP contribution is -2.33. The van der Waals surface area contributed by atoms with Gasteiger partial charge in [-0.05, 0) is 50.0 Å². The second-order valence-corrected chi connectivity index (χ2v) is 5.70. The zero-order chi connectivity index (χ0) is 11.4. The monoisotopic (exact) mass is 210 g/mol. The van der Waals surface area contributed by atoms with Crippen LogP contribution >= 0.6 is 0 Å². The molecule has 0 spiro atoms. The zero-order valence-corrected chi connectivity index (χ0v) is 10.9. The summed E-state index contributed by atoms with van der Waals surface area (Å²) in [6.07, 6.45) is 6.33. The Kier molecular flexibility index (Phi) is 4.69. The second kappa shape index (κ2) is 5.58. The molecule has 0 aliphatic heterocycles. The maximum absolute atomic E-state index is 5.93. The van der Waals surface area contributed by atoms with Gasteiger partial charge < -0.3 is 4.74 Å². The van der Waals surface area contributed by atoms with E-state index >= 15 is 0 Å². The Hall–Kier alpha value is -0.460. The van der Waals surface area contributed by atoms with Crippen LogP contribution in [-0.4, -0.2) is 6.10 Å². The Labute approximate surface area is 94.9 Å². The molecule has 1 aliphatic rings. The maximum atomic E-state index is 5.93. The van der Waals surface area contributed by atoms with Gasteiger partial charge in [0, 0.05) is 0 Å². The van der Waals surface area contributed by atoms with Gasteiger partial charge in [-0.15, -0.1) is 0 Å². The van der Waals surface area contributed by atoms with Crippen molar-refractivity contribution in [1.29, 1.82) is 0 Å². The molecule has 0 aromatic rings. The molecule has 1 rings (SSSR count). The van der Waals surface area contributed by atoms with Crippen LogP contribution in [0.5, 0.6) is 0 Å². The van der Waals surface area contributed by atoms with Gasteiger partial charge in [0.15, 0.2) is 0 Å². The standard InChI is InChI=1S/C14H26O/c1-10(2)9-15-14-8-12(5)6-7-13(14)11(3)4/h9,11-14H,6-8H2,1-5H3/t12-,13+,14-/m1/s1. The quantitative estimate of drug-likeness (QED) is 0.628. The van der Waals surface area contributed by atoms with Crippen LogP contribution in [-0.2, 0) is 4.74 Å². The highest BCUT2D eigenvalue weighted by Crippen LogP contribution is 2.35. The summed E-state index contributed by atoms with van der Waals surface area (Å²) in [5, 5.41) is 0. The molecule has 0 bridgehead atoms. The number of allylic oxidation sites excluding steroid dienone is 1. The molecule has 1 heteroatoms. The van der Waals surface area contributed by atoms with E-state index in [4.69, 9.17) is 4.74 Å². The summed E-state index contributed by atoms with van der Waals surface area (Å²) in [7, 11) is 0. The van der Waals surface area contributed by atoms with Gasteiger partial charge in [0.2, 0.25) is 0 Å². The molecule has 1 aliphatic carbocycles. The van der Waals surface area contributed by atoms with Crippen molar-refractivity contribution < 1.29 is 4.74 Å². The Morgan fingerprint density at radius 2 is 1.93 bits per heavy atom. The molecule has 1 nitrogen and oxygen atoms in total. The summed E-state index contributed by atoms with van der Waals surface area (Å²) in [6, 6.07) is 0. The minimum atomic E-state index is 0.448. The highest BCUT2D eigenvalue weighted by molar-refractivity contribution is 4.89. The van der Waals surface area contributed by atoms with Gasteiger partial charge in [-0.25, -0.2) is 0 Å². The Morgan fingerprint density at radius 3 is 2.47 bits per heavy atom. The first-order valence-corrected chi connectivity index (χ1v) is 6.29. The lowest BCUT2D eigenvalue weighted by atomic mass is 9.75. The smallest absolute Gasteiger partial charge is 0.101 e. The summed E-state index contributed by atoms with van der Waals surface area (Å²) >= 11 is 0. The number of hydrogen-bond acceptors (Lipinski definition) is 1. The van der Waals surface area contributed by atoms with Crippen molar-refractivity contribution in [1.82, 2.24) is 0 Å². The fraction of sp³-hybridized carbons (Fsp3) is 0.857. The van der Waals surface area contributed by atoms with Crippen molar-refractivity contribution in [2.45, 2.75) is 60.0 Å². The average Bonchev–Trinajstić information content (AvgIpc) is 2.14. The van der Waals surface area contributed by atoms with Crippen molar-refractivity contribution in [3.05, 3.63) is 11.8 Å². The molecule has 1 saturated carbocycles. The molecule has 0 radical (unpaired) electrons. The third-order valence-electron chi connectivity index (χ3n) is 3.44. The molecule has 0 amide bonds. The molecule has 0 saturated heterocycles. The minimum absolute atomic E-state index is 0.448. The normalized spacial score (nSPS) is 31.5. The summed E-state index contributed by atoms with van der Waals surface area (Å²) < 4.78 is 5.93. The highest BCUT2D eigenvalue weighted by Gasteiger charge is 2.31. The van der Waals surface area contributed by atoms with Crippen molar-refractivity contribution in [2.24, 2.45) is 17.8 Å². The van der Waals surface area contributed by atoms with Gasteiger partial charge >= 0.3 is 0 Å². The van der Waals surface area contributed by atoms with Crippen LogP contribution in [0.15, 0.2) is 11.8 Å². The first-order valence-electron chi connectivity index (χ1n) is 6.29. The molecule has 0 unspecified atom stereocenters. The lowest BCUT2D eigenvalue weighted by Gasteiger charge is -2.36. The number of ether oxygens (including phenoxy) is 1. The fourth-order valence-electron chi connectivity index (χ4n) is 2.49. The van der Waals surface area contributed by atoms with E-state index in [0.717, 1.165) is 17.8 Å². The van der Waals surface area contributed by atoms with Gasteiger partial charge in [0.25, 0.3) is 0 Å². The van der Waals surface area contributed by atoms with Crippen LogP contribution in [0, 0.1) is 17.8 Å². The van der Waals surface area contributed by atoms with Gasteiger partial charge in [0.1, 0.15) is 6.10 Å². The van der Waals surface area contributed by atoms with Crippen molar-refractivity contribution >= 4 is 0 Å². The van der Waals surface area contributed by atoms with Gasteiger partial charge in [0.05, 0.1) is 6.26 Å². The Balaban J connectivity index is 2.58. The van der Waals surface area contributed by atoms with Crippen LogP contribution < -0.4 is 0 Å². The molecule has 0 N–H and O–H groups in total. The predicted octanol–water partition coefficient (Wildman–Crippen LogP) is 4.39. The zero-order valence-electron chi connectivity index (χ0n) is 10.9. The van der Waals surface area contributed by atoms with Crippen molar-refractivity contribution in [3.63, 3.8) is 0 Å². The largest absolute Gasteiger partial charge is 0.498 e. The van der Waals surface area contributed by atoms with E-state index in [9.17, 15) is 0 Å². The van der Waals surface area contributed by atoms with Gasteiger partial charge in [-0.1, -0.05) is 27.2 Å². The van der Waals surface area contributed by atoms with Crippen LogP contribution in [0.25, 0.3) is 0 Å². The van der Waals surface area contributed by atoms with Crippen LogP contribution in [0.1, 0.15) is 53.9 Å². The summed E-state index contributed by atoms with van der Waals surface area (Å²) in [4.78, 5) is 0. The average molecular weight is 210 g/mol. The summed E-state index contributed by atoms with van der Waals surface area (Å²) in [5.41, 5.74) is 1.26. The van der Waals surface area contributed by atoms with E-state index < -0.39 is 0 Å². The van der Waals surface area contributed by atoms with E-state index in [1.54, 1.807) is 0 Å². The Bertz CT molecular complexity index is 213. The van der Waals surface area contributed by atoms with Crippen molar-refractivity contribution in [3.8, 4) is 0 Å². The molecule has 0 aromatic carbocycles. The van der Waals surface area contributed by atoms with Gasteiger partial charge in [-0.2, -0.15) is 0 Å². The summed E-state index contributed by atoms with van der Waals surface area (Å²) in [6.45, 7) is 11.2. The first kappa shape index (κ1) is 12.6. The van der Waals surface area contributed by atoms with E-state index in [1.165, 1.54) is 24.8 Å². The third-order valence-corrected chi connectivity index (χ3v) is 3.44. The van der Waals surface area contributed by atoms with Crippen molar-refractivity contribution in [2.75, 3.05) is 0 Å². The third kappa shape index (κ3) is 3.89. The van der Waals surface area contributed by atoms with Crippen LogP contribution in [0.2, 0.25) is 0 Å². The van der Waals surface area contributed by atoms with Crippen LogP contribution in [0.4, 0.5) is 0 Å². The topological polar surface area (TPSA) is 9.23 Å². The summed E-state index contributed by atoms with van der Waals surface area (Å²) in [5.74, 6) is 2.32. The van der Waals surface area contributed by atoms with E-state index in [0.29, 0.717) is 6.10 Å². The minimum Gasteiger partial charge on any atom is -0.498 e. The lowest BCUT2D eigenvalue weighted by molar-refractivity contribution is 0.0127. The predicted molar refractivity (Wildman–Crippen MR) is 65.6 cm³/mol. The maximum Gasteiger partial charge on any atom is 0.101 e. The SMILES string of the molecule is CC(C)=CO[C@@H]1C[C@H](C)CC[C@H]1C(C)C.